The van der Waals surface area contributed by atoms with Gasteiger partial charge in [-0.3, -0.25) is 9.59 Å². The van der Waals surface area contributed by atoms with Crippen molar-refractivity contribution in [1.29, 1.82) is 0 Å². The molecule has 1 aliphatic carbocycles. The number of piperidine rings is 1. The van der Waals surface area contributed by atoms with E-state index in [2.05, 4.69) is 17.1 Å². The summed E-state index contributed by atoms with van der Waals surface area (Å²) in [4.78, 5) is 29.9. The molecule has 6 nitrogen and oxygen atoms in total. The van der Waals surface area contributed by atoms with Crippen LogP contribution < -0.4 is 10.9 Å². The third-order valence-corrected chi connectivity index (χ3v) is 8.42. The molecule has 0 spiro atoms. The zero-order valence-electron chi connectivity index (χ0n) is 21.4. The maximum absolute atomic E-state index is 13.7. The monoisotopic (exact) mass is 476 g/mol. The molecule has 1 saturated carbocycles. The fourth-order valence-electron chi connectivity index (χ4n) is 6.50. The summed E-state index contributed by atoms with van der Waals surface area (Å²) in [7, 11) is 1.95. The van der Waals surface area contributed by atoms with Crippen LogP contribution in [0.3, 0.4) is 0 Å². The topological polar surface area (TPSA) is 59.3 Å². The number of rotatable bonds is 7. The number of aryl methyl sites for hydroxylation is 1. The van der Waals surface area contributed by atoms with Crippen LogP contribution >= 0.6 is 0 Å². The minimum absolute atomic E-state index is 0.0258. The van der Waals surface area contributed by atoms with Crippen LogP contribution in [-0.4, -0.2) is 45.6 Å². The average molecular weight is 477 g/mol. The van der Waals surface area contributed by atoms with Crippen molar-refractivity contribution in [3.05, 3.63) is 46.4 Å². The molecule has 1 aromatic carbocycles. The van der Waals surface area contributed by atoms with E-state index in [4.69, 9.17) is 0 Å². The van der Waals surface area contributed by atoms with Crippen LogP contribution in [0.15, 0.2) is 35.3 Å². The standard InChI is InChI=1S/C29H40N4O2/c1-3-21-12-9-10-18-32(21)19-11-17-30-28(34)24-20-33(22-13-5-4-6-14-22)29(35)27-26(24)23-15-7-8-16-25(23)31(27)2/h7-8,15-16,20-22H,3-6,9-14,17-19H2,1-2H3,(H,30,34)/t21-/m0/s1. The molecule has 2 aromatic heterocycles. The minimum Gasteiger partial charge on any atom is -0.352 e. The first kappa shape index (κ1) is 24.1. The van der Waals surface area contributed by atoms with Gasteiger partial charge < -0.3 is 19.4 Å². The third kappa shape index (κ3) is 4.65. The number of amides is 1. The van der Waals surface area contributed by atoms with Gasteiger partial charge in [-0.1, -0.05) is 50.8 Å². The van der Waals surface area contributed by atoms with Gasteiger partial charge in [-0.25, -0.2) is 0 Å². The highest BCUT2D eigenvalue weighted by atomic mass is 16.2. The number of benzene rings is 1. The Hall–Kier alpha value is -2.60. The normalized spacial score (nSPS) is 20.0. The molecule has 2 aliphatic rings. The van der Waals surface area contributed by atoms with E-state index >= 15 is 0 Å². The quantitative estimate of drug-likeness (QED) is 0.466. The zero-order chi connectivity index (χ0) is 24.4. The maximum atomic E-state index is 13.7. The number of para-hydroxylation sites is 1. The molecule has 0 bridgehead atoms. The molecule has 0 unspecified atom stereocenters. The van der Waals surface area contributed by atoms with E-state index < -0.39 is 0 Å². The van der Waals surface area contributed by atoms with Gasteiger partial charge in [0.1, 0.15) is 5.52 Å². The van der Waals surface area contributed by atoms with E-state index in [0.717, 1.165) is 54.9 Å². The number of likely N-dealkylation sites (tertiary alicyclic amines) is 1. The van der Waals surface area contributed by atoms with E-state index in [1.54, 1.807) is 0 Å². The molecule has 6 heteroatoms. The molecule has 1 saturated heterocycles. The first-order valence-electron chi connectivity index (χ1n) is 13.7. The highest BCUT2D eigenvalue weighted by Crippen LogP contribution is 2.32. The largest absolute Gasteiger partial charge is 0.352 e. The van der Waals surface area contributed by atoms with Gasteiger partial charge in [-0.05, 0) is 51.1 Å². The van der Waals surface area contributed by atoms with E-state index in [1.807, 2.05) is 46.6 Å². The Morgan fingerprint density at radius 3 is 2.63 bits per heavy atom. The first-order valence-corrected chi connectivity index (χ1v) is 13.7. The van der Waals surface area contributed by atoms with Gasteiger partial charge in [0.2, 0.25) is 0 Å². The summed E-state index contributed by atoms with van der Waals surface area (Å²) in [6.45, 7) is 5.14. The summed E-state index contributed by atoms with van der Waals surface area (Å²) in [5.41, 5.74) is 2.29. The van der Waals surface area contributed by atoms with Crippen LogP contribution in [0.25, 0.3) is 21.8 Å². The molecule has 1 N–H and O–H groups in total. The van der Waals surface area contributed by atoms with Crippen molar-refractivity contribution < 1.29 is 4.79 Å². The second-order valence-electron chi connectivity index (χ2n) is 10.6. The average Bonchev–Trinajstić information content (AvgIpc) is 3.20. The van der Waals surface area contributed by atoms with Gasteiger partial charge in [-0.2, -0.15) is 0 Å². The molecular formula is C29H40N4O2. The first-order chi connectivity index (χ1) is 17.1. The van der Waals surface area contributed by atoms with Crippen molar-refractivity contribution >= 4 is 27.7 Å². The lowest BCUT2D eigenvalue weighted by Crippen LogP contribution is -2.40. The van der Waals surface area contributed by atoms with Gasteiger partial charge in [0, 0.05) is 54.7 Å². The van der Waals surface area contributed by atoms with Gasteiger partial charge in [0.25, 0.3) is 11.5 Å². The summed E-state index contributed by atoms with van der Waals surface area (Å²) >= 11 is 0. The Bertz CT molecular complexity index is 1250. The molecule has 1 aliphatic heterocycles. The van der Waals surface area contributed by atoms with E-state index in [0.29, 0.717) is 23.7 Å². The number of carbonyl (C=O) groups excluding carboxylic acids is 1. The lowest BCUT2D eigenvalue weighted by atomic mass is 9.95. The Balaban J connectivity index is 1.44. The lowest BCUT2D eigenvalue weighted by molar-refractivity contribution is 0.0948. The second-order valence-corrected chi connectivity index (χ2v) is 10.6. The molecule has 1 atom stereocenters. The highest BCUT2D eigenvalue weighted by molar-refractivity contribution is 6.17. The summed E-state index contributed by atoms with van der Waals surface area (Å²) in [6, 6.07) is 8.90. The molecule has 188 valence electrons. The predicted octanol–water partition coefficient (Wildman–Crippen LogP) is 5.38. The lowest BCUT2D eigenvalue weighted by Gasteiger charge is -2.35. The Labute approximate surface area is 208 Å². The number of nitrogens with one attached hydrogen (secondary N) is 1. The number of aromatic nitrogens is 2. The molecule has 3 aromatic rings. The van der Waals surface area contributed by atoms with E-state index in [9.17, 15) is 9.59 Å². The van der Waals surface area contributed by atoms with Gasteiger partial charge >= 0.3 is 0 Å². The minimum atomic E-state index is -0.0680. The molecule has 0 radical (unpaired) electrons. The molecular weight excluding hydrogens is 436 g/mol. The molecule has 3 heterocycles. The van der Waals surface area contributed by atoms with E-state index in [-0.39, 0.29) is 17.5 Å². The highest BCUT2D eigenvalue weighted by Gasteiger charge is 2.25. The molecule has 1 amide bonds. The van der Waals surface area contributed by atoms with Gasteiger partial charge in [0.15, 0.2) is 0 Å². The van der Waals surface area contributed by atoms with Crippen molar-refractivity contribution in [2.45, 2.75) is 83.2 Å². The fourth-order valence-corrected chi connectivity index (χ4v) is 6.50. The second kappa shape index (κ2) is 10.6. The van der Waals surface area contributed by atoms with E-state index in [1.165, 1.54) is 38.6 Å². The van der Waals surface area contributed by atoms with Crippen LogP contribution in [0.1, 0.15) is 87.5 Å². The van der Waals surface area contributed by atoms with Crippen molar-refractivity contribution in [3.8, 4) is 0 Å². The Morgan fingerprint density at radius 2 is 1.83 bits per heavy atom. The van der Waals surface area contributed by atoms with Crippen LogP contribution in [0, 0.1) is 0 Å². The number of hydrogen-bond acceptors (Lipinski definition) is 3. The maximum Gasteiger partial charge on any atom is 0.275 e. The number of hydrogen-bond donors (Lipinski definition) is 1. The van der Waals surface area contributed by atoms with Crippen LogP contribution in [-0.2, 0) is 7.05 Å². The molecule has 5 rings (SSSR count). The summed E-state index contributed by atoms with van der Waals surface area (Å²) < 4.78 is 3.85. The van der Waals surface area contributed by atoms with Gasteiger partial charge in [-0.15, -0.1) is 0 Å². The number of nitrogens with zero attached hydrogens (tertiary/aromatic N) is 3. The summed E-state index contributed by atoms with van der Waals surface area (Å²) in [6.07, 6.45) is 13.4. The Kier molecular flexibility index (Phi) is 7.28. The van der Waals surface area contributed by atoms with Crippen molar-refractivity contribution in [2.75, 3.05) is 19.6 Å². The number of fused-ring (bicyclic) bond motifs is 3. The van der Waals surface area contributed by atoms with Crippen molar-refractivity contribution in [1.82, 2.24) is 19.4 Å². The van der Waals surface area contributed by atoms with Crippen LogP contribution in [0.4, 0.5) is 0 Å². The molecule has 35 heavy (non-hydrogen) atoms. The summed E-state index contributed by atoms with van der Waals surface area (Å²) in [5.74, 6) is -0.0680. The number of carbonyl (C=O) groups is 1. The SMILES string of the molecule is CC[C@H]1CCCCN1CCCNC(=O)c1cn(C2CCCCC2)c(=O)c2c1c1ccccc1n2C. The van der Waals surface area contributed by atoms with Gasteiger partial charge in [0.05, 0.1) is 5.56 Å². The van der Waals surface area contributed by atoms with Crippen molar-refractivity contribution in [3.63, 3.8) is 0 Å². The van der Waals surface area contributed by atoms with Crippen LogP contribution in [0.2, 0.25) is 0 Å². The van der Waals surface area contributed by atoms with Crippen molar-refractivity contribution in [2.24, 2.45) is 7.05 Å². The van der Waals surface area contributed by atoms with Crippen LogP contribution in [0.5, 0.6) is 0 Å². The fraction of sp³-hybridized carbons (Fsp3) is 0.586. The summed E-state index contributed by atoms with van der Waals surface area (Å²) in [5, 5.41) is 4.96. The zero-order valence-corrected chi connectivity index (χ0v) is 21.4. The smallest absolute Gasteiger partial charge is 0.275 e. The third-order valence-electron chi connectivity index (χ3n) is 8.42. The number of pyridine rings is 1. The molecule has 2 fully saturated rings. The Morgan fingerprint density at radius 1 is 1.06 bits per heavy atom. The predicted molar refractivity (Wildman–Crippen MR) is 143 cm³/mol.